The van der Waals surface area contributed by atoms with Gasteiger partial charge in [0.05, 0.1) is 15.6 Å². The van der Waals surface area contributed by atoms with Crippen molar-refractivity contribution in [2.75, 3.05) is 5.32 Å². The van der Waals surface area contributed by atoms with E-state index in [2.05, 4.69) is 20.3 Å². The van der Waals surface area contributed by atoms with Crippen LogP contribution in [0.5, 0.6) is 0 Å². The molecule has 0 spiro atoms. The first kappa shape index (κ1) is 19.2. The molecule has 1 fully saturated rings. The quantitative estimate of drug-likeness (QED) is 0.391. The van der Waals surface area contributed by atoms with Crippen molar-refractivity contribution in [3.8, 4) is 32.5 Å². The zero-order valence-electron chi connectivity index (χ0n) is 15.5. The molecule has 1 aliphatic carbocycles. The van der Waals surface area contributed by atoms with Gasteiger partial charge in [-0.3, -0.25) is 4.79 Å². The van der Waals surface area contributed by atoms with Gasteiger partial charge in [0.1, 0.15) is 16.6 Å². The predicted octanol–water partition coefficient (Wildman–Crippen LogP) is 5.92. The van der Waals surface area contributed by atoms with Crippen molar-refractivity contribution < 1.29 is 4.79 Å². The van der Waals surface area contributed by atoms with Crippen LogP contribution in [-0.4, -0.2) is 25.8 Å². The van der Waals surface area contributed by atoms with Gasteiger partial charge < -0.3 is 10.3 Å². The van der Waals surface area contributed by atoms with Gasteiger partial charge in [-0.15, -0.1) is 11.3 Å². The van der Waals surface area contributed by atoms with Crippen molar-refractivity contribution in [2.45, 2.75) is 12.8 Å². The van der Waals surface area contributed by atoms with Crippen LogP contribution in [0, 0.1) is 5.92 Å². The number of benzene rings is 1. The average molecular weight is 456 g/mol. The summed E-state index contributed by atoms with van der Waals surface area (Å²) in [5.41, 5.74) is 2.34. The molecule has 150 valence electrons. The number of H-pyrrole nitrogens is 1. The predicted molar refractivity (Wildman–Crippen MR) is 120 cm³/mol. The number of carbonyl (C=O) groups is 1. The Kier molecular flexibility index (Phi) is 5.02. The molecule has 4 aromatic rings. The number of amides is 1. The van der Waals surface area contributed by atoms with Crippen LogP contribution in [-0.2, 0) is 4.79 Å². The van der Waals surface area contributed by atoms with Gasteiger partial charge in [-0.1, -0.05) is 23.2 Å². The van der Waals surface area contributed by atoms with E-state index in [9.17, 15) is 4.79 Å². The Bertz CT molecular complexity index is 1230. The lowest BCUT2D eigenvalue weighted by Crippen LogP contribution is -2.14. The van der Waals surface area contributed by atoms with Crippen LogP contribution in [0.3, 0.4) is 0 Å². The minimum atomic E-state index is 0.0173. The highest BCUT2D eigenvalue weighted by molar-refractivity contribution is 7.18. The summed E-state index contributed by atoms with van der Waals surface area (Å²) in [5, 5.41) is 4.73. The van der Waals surface area contributed by atoms with E-state index in [-0.39, 0.29) is 11.8 Å². The van der Waals surface area contributed by atoms with Gasteiger partial charge in [0.25, 0.3) is 0 Å². The normalized spacial score (nSPS) is 13.4. The topological polar surface area (TPSA) is 83.6 Å². The summed E-state index contributed by atoms with van der Waals surface area (Å²) in [4.78, 5) is 29.6. The number of thiazole rings is 1. The van der Waals surface area contributed by atoms with Gasteiger partial charge >= 0.3 is 0 Å². The molecule has 30 heavy (non-hydrogen) atoms. The molecule has 0 bridgehead atoms. The third kappa shape index (κ3) is 3.84. The first-order valence-corrected chi connectivity index (χ1v) is 10.9. The molecule has 0 radical (unpaired) electrons. The van der Waals surface area contributed by atoms with Crippen molar-refractivity contribution in [1.82, 2.24) is 19.9 Å². The number of hydrogen-bond acceptors (Lipinski definition) is 5. The minimum Gasteiger partial charge on any atom is -0.344 e. The zero-order valence-corrected chi connectivity index (χ0v) is 17.9. The number of pyridine rings is 1. The summed E-state index contributed by atoms with van der Waals surface area (Å²) >= 11 is 14.0. The molecular weight excluding hydrogens is 441 g/mol. The van der Waals surface area contributed by atoms with Crippen LogP contribution >= 0.6 is 34.5 Å². The Balaban J connectivity index is 1.57. The maximum Gasteiger partial charge on any atom is 0.228 e. The number of nitrogens with one attached hydrogen (secondary N) is 2. The van der Waals surface area contributed by atoms with Crippen molar-refractivity contribution >= 4 is 46.3 Å². The number of halogens is 2. The molecule has 9 heteroatoms. The van der Waals surface area contributed by atoms with E-state index in [1.807, 2.05) is 18.2 Å². The monoisotopic (exact) mass is 455 g/mol. The molecule has 0 saturated heterocycles. The summed E-state index contributed by atoms with van der Waals surface area (Å²) in [5.74, 6) is 1.35. The second-order valence-corrected chi connectivity index (χ2v) is 8.79. The van der Waals surface area contributed by atoms with Crippen LogP contribution in [0.1, 0.15) is 12.8 Å². The average Bonchev–Trinajstić information content (AvgIpc) is 3.27. The second kappa shape index (κ2) is 7.83. The van der Waals surface area contributed by atoms with Crippen molar-refractivity contribution in [3.63, 3.8) is 0 Å². The molecule has 0 unspecified atom stereocenters. The largest absolute Gasteiger partial charge is 0.344 e. The smallest absolute Gasteiger partial charge is 0.228 e. The Labute approximate surface area is 186 Å². The number of nitrogens with zero attached hydrogens (tertiary/aromatic N) is 3. The molecule has 1 aromatic carbocycles. The Morgan fingerprint density at radius 2 is 2.00 bits per heavy atom. The summed E-state index contributed by atoms with van der Waals surface area (Å²) in [6.45, 7) is 0. The third-order valence-electron chi connectivity index (χ3n) is 4.73. The molecule has 3 heterocycles. The second-order valence-electron chi connectivity index (χ2n) is 6.95. The van der Waals surface area contributed by atoms with Gasteiger partial charge in [0.2, 0.25) is 5.91 Å². The number of hydrogen-bond donors (Lipinski definition) is 2. The maximum absolute atomic E-state index is 12.1. The fourth-order valence-corrected chi connectivity index (χ4v) is 4.60. The first-order chi connectivity index (χ1) is 14.6. The maximum atomic E-state index is 12.1. The molecule has 2 N–H and O–H groups in total. The van der Waals surface area contributed by atoms with E-state index in [0.29, 0.717) is 27.4 Å². The number of aromatic amines is 1. The molecule has 1 aliphatic rings. The van der Waals surface area contributed by atoms with E-state index in [0.717, 1.165) is 33.9 Å². The highest BCUT2D eigenvalue weighted by atomic mass is 35.5. The van der Waals surface area contributed by atoms with E-state index in [4.69, 9.17) is 28.2 Å². The zero-order chi connectivity index (χ0) is 20.7. The van der Waals surface area contributed by atoms with Crippen LogP contribution in [0.15, 0.2) is 48.9 Å². The van der Waals surface area contributed by atoms with E-state index in [1.54, 1.807) is 30.7 Å². The Morgan fingerprint density at radius 3 is 2.73 bits per heavy atom. The Morgan fingerprint density at radius 1 is 1.13 bits per heavy atom. The van der Waals surface area contributed by atoms with Gasteiger partial charge in [0, 0.05) is 40.7 Å². The van der Waals surface area contributed by atoms with E-state index in [1.165, 1.54) is 11.3 Å². The van der Waals surface area contributed by atoms with Crippen molar-refractivity contribution in [1.29, 1.82) is 0 Å². The van der Waals surface area contributed by atoms with Crippen LogP contribution in [0.25, 0.3) is 32.5 Å². The van der Waals surface area contributed by atoms with Gasteiger partial charge in [-0.2, -0.15) is 0 Å². The van der Waals surface area contributed by atoms with Crippen LogP contribution in [0.2, 0.25) is 10.0 Å². The number of carbonyl (C=O) groups excluding carboxylic acids is 1. The lowest BCUT2D eigenvalue weighted by atomic mass is 10.1. The van der Waals surface area contributed by atoms with Gasteiger partial charge in [-0.25, -0.2) is 15.0 Å². The third-order valence-corrected chi connectivity index (χ3v) is 6.39. The van der Waals surface area contributed by atoms with Crippen molar-refractivity contribution in [3.05, 3.63) is 59.0 Å². The number of imidazole rings is 1. The lowest BCUT2D eigenvalue weighted by Gasteiger charge is -2.04. The molecule has 6 nitrogen and oxygen atoms in total. The fraction of sp³-hybridized carbons (Fsp3) is 0.143. The van der Waals surface area contributed by atoms with E-state index >= 15 is 0 Å². The first-order valence-electron chi connectivity index (χ1n) is 9.32. The highest BCUT2D eigenvalue weighted by Crippen LogP contribution is 2.42. The summed E-state index contributed by atoms with van der Waals surface area (Å²) in [7, 11) is 0. The highest BCUT2D eigenvalue weighted by Gasteiger charge is 2.30. The summed E-state index contributed by atoms with van der Waals surface area (Å²) in [6, 6.07) is 9.03. The van der Waals surface area contributed by atoms with Gasteiger partial charge in [0.15, 0.2) is 0 Å². The molecule has 0 atom stereocenters. The van der Waals surface area contributed by atoms with Gasteiger partial charge in [-0.05, 0) is 43.2 Å². The molecule has 0 aliphatic heterocycles. The van der Waals surface area contributed by atoms with Crippen molar-refractivity contribution in [2.24, 2.45) is 5.92 Å². The fourth-order valence-electron chi connectivity index (χ4n) is 3.06. The standard InChI is InChI=1S/C21H15Cl2N5OS/c22-13-3-4-14(15(23)10-13)17-18(19-25-7-8-26-19)30-21(28-17)12-5-6-24-16(9-12)27-20(29)11-1-2-11/h3-11H,1-2H2,(H,25,26)(H,24,27,29). The Hall–Kier alpha value is -2.74. The van der Waals surface area contributed by atoms with Crippen LogP contribution in [0.4, 0.5) is 5.82 Å². The minimum absolute atomic E-state index is 0.0173. The SMILES string of the molecule is O=C(Nc1cc(-c2nc(-c3ccc(Cl)cc3Cl)c(-c3ncc[nH]3)s2)ccn1)C1CC1. The molecule has 1 saturated carbocycles. The summed E-state index contributed by atoms with van der Waals surface area (Å²) < 4.78 is 0. The lowest BCUT2D eigenvalue weighted by molar-refractivity contribution is -0.117. The molecule has 1 amide bonds. The molecule has 5 rings (SSSR count). The number of rotatable bonds is 5. The number of anilines is 1. The molecule has 3 aromatic heterocycles. The van der Waals surface area contributed by atoms with E-state index < -0.39 is 0 Å². The number of aromatic nitrogens is 4. The van der Waals surface area contributed by atoms with Crippen LogP contribution < -0.4 is 5.32 Å². The summed E-state index contributed by atoms with van der Waals surface area (Å²) in [6.07, 6.45) is 7.01. The molecular formula is C21H15Cl2N5OS.